The van der Waals surface area contributed by atoms with E-state index in [1.165, 1.54) is 11.1 Å². The number of halogens is 1. The molecule has 21 heavy (non-hydrogen) atoms. The summed E-state index contributed by atoms with van der Waals surface area (Å²) >= 11 is 5.10. The van der Waals surface area contributed by atoms with Gasteiger partial charge in [-0.25, -0.2) is 0 Å². The van der Waals surface area contributed by atoms with Crippen molar-refractivity contribution in [3.8, 4) is 0 Å². The minimum atomic E-state index is 0.0591. The fourth-order valence-electron chi connectivity index (χ4n) is 1.90. The SMILES string of the molecule is Cc1cc(SCC(=O)NCc2ccccc2)c(C)cc1Br. The van der Waals surface area contributed by atoms with Crippen molar-refractivity contribution in [3.05, 3.63) is 63.6 Å². The van der Waals surface area contributed by atoms with Gasteiger partial charge in [0.2, 0.25) is 5.91 Å². The Morgan fingerprint density at radius 2 is 1.86 bits per heavy atom. The van der Waals surface area contributed by atoms with Crippen molar-refractivity contribution >= 4 is 33.6 Å². The van der Waals surface area contributed by atoms with E-state index in [-0.39, 0.29) is 5.91 Å². The highest BCUT2D eigenvalue weighted by Gasteiger charge is 2.07. The molecule has 2 aromatic rings. The number of nitrogens with one attached hydrogen (secondary N) is 1. The minimum absolute atomic E-state index is 0.0591. The highest BCUT2D eigenvalue weighted by Crippen LogP contribution is 2.28. The molecule has 0 saturated carbocycles. The average molecular weight is 364 g/mol. The van der Waals surface area contributed by atoms with Gasteiger partial charge in [-0.15, -0.1) is 11.8 Å². The molecule has 0 aliphatic rings. The molecule has 0 atom stereocenters. The van der Waals surface area contributed by atoms with Gasteiger partial charge in [0.05, 0.1) is 5.75 Å². The van der Waals surface area contributed by atoms with Crippen molar-refractivity contribution < 1.29 is 4.79 Å². The van der Waals surface area contributed by atoms with Crippen molar-refractivity contribution in [1.82, 2.24) is 5.32 Å². The van der Waals surface area contributed by atoms with E-state index in [4.69, 9.17) is 0 Å². The molecule has 0 aliphatic carbocycles. The summed E-state index contributed by atoms with van der Waals surface area (Å²) in [7, 11) is 0. The Balaban J connectivity index is 1.85. The smallest absolute Gasteiger partial charge is 0.230 e. The Kier molecular flexibility index (Phi) is 5.88. The topological polar surface area (TPSA) is 29.1 Å². The lowest BCUT2D eigenvalue weighted by Gasteiger charge is -2.09. The maximum absolute atomic E-state index is 11.9. The van der Waals surface area contributed by atoms with Gasteiger partial charge >= 0.3 is 0 Å². The summed E-state index contributed by atoms with van der Waals surface area (Å²) in [6.45, 7) is 4.70. The predicted molar refractivity (Wildman–Crippen MR) is 92.6 cm³/mol. The van der Waals surface area contributed by atoms with Crippen LogP contribution in [0.2, 0.25) is 0 Å². The monoisotopic (exact) mass is 363 g/mol. The molecular formula is C17H18BrNOS. The molecule has 0 bridgehead atoms. The van der Waals surface area contributed by atoms with Gasteiger partial charge in [-0.2, -0.15) is 0 Å². The zero-order valence-electron chi connectivity index (χ0n) is 12.2. The van der Waals surface area contributed by atoms with Gasteiger partial charge in [-0.1, -0.05) is 46.3 Å². The van der Waals surface area contributed by atoms with E-state index in [9.17, 15) is 4.79 Å². The van der Waals surface area contributed by atoms with Crippen LogP contribution in [0.1, 0.15) is 16.7 Å². The maximum atomic E-state index is 11.9. The second-order valence-corrected chi connectivity index (χ2v) is 6.79. The molecule has 2 rings (SSSR count). The number of carbonyl (C=O) groups is 1. The molecule has 0 unspecified atom stereocenters. The number of aryl methyl sites for hydroxylation is 2. The van der Waals surface area contributed by atoms with E-state index in [0.29, 0.717) is 12.3 Å². The van der Waals surface area contributed by atoms with E-state index in [1.54, 1.807) is 11.8 Å². The molecule has 1 N–H and O–H groups in total. The van der Waals surface area contributed by atoms with E-state index in [0.717, 1.165) is 14.9 Å². The van der Waals surface area contributed by atoms with Crippen LogP contribution in [0, 0.1) is 13.8 Å². The Labute approximate surface area is 138 Å². The molecule has 0 aliphatic heterocycles. The van der Waals surface area contributed by atoms with Crippen LogP contribution in [0.4, 0.5) is 0 Å². The van der Waals surface area contributed by atoms with Gasteiger partial charge in [-0.3, -0.25) is 4.79 Å². The third-order valence-electron chi connectivity index (χ3n) is 3.15. The van der Waals surface area contributed by atoms with Crippen molar-refractivity contribution in [2.75, 3.05) is 5.75 Å². The third-order valence-corrected chi connectivity index (χ3v) is 5.16. The molecule has 2 aromatic carbocycles. The summed E-state index contributed by atoms with van der Waals surface area (Å²) in [6, 6.07) is 14.2. The molecule has 0 fully saturated rings. The van der Waals surface area contributed by atoms with Crippen molar-refractivity contribution in [2.24, 2.45) is 0 Å². The summed E-state index contributed by atoms with van der Waals surface area (Å²) in [6.07, 6.45) is 0. The highest BCUT2D eigenvalue weighted by atomic mass is 79.9. The first-order valence-electron chi connectivity index (χ1n) is 6.76. The number of thioether (sulfide) groups is 1. The van der Waals surface area contributed by atoms with Crippen LogP contribution in [0.5, 0.6) is 0 Å². The number of carbonyl (C=O) groups excluding carboxylic acids is 1. The van der Waals surface area contributed by atoms with Crippen LogP contribution < -0.4 is 5.32 Å². The van der Waals surface area contributed by atoms with E-state index in [1.807, 2.05) is 30.3 Å². The van der Waals surface area contributed by atoms with E-state index >= 15 is 0 Å². The first kappa shape index (κ1) is 16.1. The molecule has 4 heteroatoms. The first-order chi connectivity index (χ1) is 10.1. The summed E-state index contributed by atoms with van der Waals surface area (Å²) in [5.41, 5.74) is 3.49. The van der Waals surface area contributed by atoms with Crippen LogP contribution in [-0.2, 0) is 11.3 Å². The highest BCUT2D eigenvalue weighted by molar-refractivity contribution is 9.10. The Bertz CT molecular complexity index is 628. The number of benzene rings is 2. The second kappa shape index (κ2) is 7.66. The van der Waals surface area contributed by atoms with E-state index in [2.05, 4.69) is 47.2 Å². The molecular weight excluding hydrogens is 346 g/mol. The van der Waals surface area contributed by atoms with Crippen molar-refractivity contribution in [2.45, 2.75) is 25.3 Å². The number of amides is 1. The molecule has 0 saturated heterocycles. The molecule has 1 amide bonds. The average Bonchev–Trinajstić information content (AvgIpc) is 2.48. The van der Waals surface area contributed by atoms with Crippen LogP contribution >= 0.6 is 27.7 Å². The Hall–Kier alpha value is -1.26. The summed E-state index contributed by atoms with van der Waals surface area (Å²) in [4.78, 5) is 13.1. The molecule has 0 heterocycles. The Morgan fingerprint density at radius 1 is 1.14 bits per heavy atom. The van der Waals surface area contributed by atoms with Gasteiger partial charge < -0.3 is 5.32 Å². The minimum Gasteiger partial charge on any atom is -0.351 e. The lowest BCUT2D eigenvalue weighted by Crippen LogP contribution is -2.24. The van der Waals surface area contributed by atoms with Gasteiger partial charge in [0.25, 0.3) is 0 Å². The number of hydrogen-bond donors (Lipinski definition) is 1. The third kappa shape index (κ3) is 4.90. The second-order valence-electron chi connectivity index (χ2n) is 4.92. The first-order valence-corrected chi connectivity index (χ1v) is 8.54. The zero-order chi connectivity index (χ0) is 15.2. The van der Waals surface area contributed by atoms with E-state index < -0.39 is 0 Å². The van der Waals surface area contributed by atoms with Gasteiger partial charge in [0.15, 0.2) is 0 Å². The van der Waals surface area contributed by atoms with Crippen LogP contribution in [0.25, 0.3) is 0 Å². The summed E-state index contributed by atoms with van der Waals surface area (Å²) < 4.78 is 1.11. The normalized spacial score (nSPS) is 10.4. The van der Waals surface area contributed by atoms with Gasteiger partial charge in [-0.05, 0) is 42.7 Å². The number of rotatable bonds is 5. The molecule has 0 radical (unpaired) electrons. The van der Waals surface area contributed by atoms with Gasteiger partial charge in [0, 0.05) is 15.9 Å². The fourth-order valence-corrected chi connectivity index (χ4v) is 3.29. The van der Waals surface area contributed by atoms with Crippen molar-refractivity contribution in [3.63, 3.8) is 0 Å². The zero-order valence-corrected chi connectivity index (χ0v) is 14.6. The Morgan fingerprint density at radius 3 is 2.57 bits per heavy atom. The molecule has 0 aromatic heterocycles. The molecule has 110 valence electrons. The number of hydrogen-bond acceptors (Lipinski definition) is 2. The fraction of sp³-hybridized carbons (Fsp3) is 0.235. The lowest BCUT2D eigenvalue weighted by molar-refractivity contribution is -0.118. The summed E-state index contributed by atoms with van der Waals surface area (Å²) in [5.74, 6) is 0.498. The molecule has 2 nitrogen and oxygen atoms in total. The maximum Gasteiger partial charge on any atom is 0.230 e. The van der Waals surface area contributed by atoms with Crippen LogP contribution in [0.15, 0.2) is 51.8 Å². The van der Waals surface area contributed by atoms with Crippen LogP contribution in [-0.4, -0.2) is 11.7 Å². The standard InChI is InChI=1S/C17H18BrNOS/c1-12-9-16(13(2)8-15(12)18)21-11-17(20)19-10-14-6-4-3-5-7-14/h3-9H,10-11H2,1-2H3,(H,19,20). The van der Waals surface area contributed by atoms with Crippen molar-refractivity contribution in [1.29, 1.82) is 0 Å². The summed E-state index contributed by atoms with van der Waals surface area (Å²) in [5, 5.41) is 2.95. The van der Waals surface area contributed by atoms with Crippen LogP contribution in [0.3, 0.4) is 0 Å². The van der Waals surface area contributed by atoms with Gasteiger partial charge in [0.1, 0.15) is 0 Å². The largest absolute Gasteiger partial charge is 0.351 e. The quantitative estimate of drug-likeness (QED) is 0.793. The lowest BCUT2D eigenvalue weighted by atomic mass is 10.2. The predicted octanol–water partition coefficient (Wildman–Crippen LogP) is 4.47. The molecule has 0 spiro atoms.